The lowest BCUT2D eigenvalue weighted by Gasteiger charge is -2.44. The number of fused-ring (bicyclic) bond motifs is 4. The SMILES string of the molecule is c1ccc(N2c3ccccc3B3c4cccc(-c5ccccn5)c4N(c4ccccc4)c4cccc2c43)cc1. The third-order valence-electron chi connectivity index (χ3n) is 7.89. The maximum absolute atomic E-state index is 4.78. The van der Waals surface area contributed by atoms with Crippen LogP contribution in [0.3, 0.4) is 0 Å². The number of benzene rings is 5. The van der Waals surface area contributed by atoms with Crippen LogP contribution in [0.25, 0.3) is 11.3 Å². The summed E-state index contributed by atoms with van der Waals surface area (Å²) in [4.78, 5) is 9.64. The molecule has 0 bridgehead atoms. The van der Waals surface area contributed by atoms with E-state index in [2.05, 4.69) is 143 Å². The topological polar surface area (TPSA) is 19.4 Å². The van der Waals surface area contributed by atoms with Gasteiger partial charge in [0.1, 0.15) is 0 Å². The van der Waals surface area contributed by atoms with Gasteiger partial charge in [-0.1, -0.05) is 84.9 Å². The molecule has 0 saturated heterocycles. The first-order valence-corrected chi connectivity index (χ1v) is 13.4. The van der Waals surface area contributed by atoms with Gasteiger partial charge in [0, 0.05) is 40.2 Å². The molecule has 5 aromatic carbocycles. The highest BCUT2D eigenvalue weighted by Gasteiger charge is 2.43. The van der Waals surface area contributed by atoms with Crippen molar-refractivity contribution >= 4 is 57.2 Å². The highest BCUT2D eigenvalue weighted by atomic mass is 15.2. The Morgan fingerprint density at radius 2 is 1.05 bits per heavy atom. The van der Waals surface area contributed by atoms with Crippen LogP contribution in [-0.2, 0) is 0 Å². The van der Waals surface area contributed by atoms with E-state index in [0.717, 1.165) is 22.6 Å². The summed E-state index contributed by atoms with van der Waals surface area (Å²) in [5.41, 5.74) is 13.2. The van der Waals surface area contributed by atoms with Crippen molar-refractivity contribution in [1.82, 2.24) is 4.98 Å². The zero-order valence-electron chi connectivity index (χ0n) is 21.3. The molecule has 2 aliphatic rings. The van der Waals surface area contributed by atoms with Gasteiger partial charge in [0.2, 0.25) is 0 Å². The van der Waals surface area contributed by atoms with E-state index in [0.29, 0.717) is 0 Å². The molecule has 3 heterocycles. The fourth-order valence-electron chi connectivity index (χ4n) is 6.36. The molecule has 0 atom stereocenters. The lowest BCUT2D eigenvalue weighted by Crippen LogP contribution is -2.61. The number of hydrogen-bond acceptors (Lipinski definition) is 3. The first-order valence-electron chi connectivity index (χ1n) is 13.4. The third-order valence-corrected chi connectivity index (χ3v) is 7.89. The highest BCUT2D eigenvalue weighted by molar-refractivity contribution is 7.00. The predicted molar refractivity (Wildman–Crippen MR) is 164 cm³/mol. The summed E-state index contributed by atoms with van der Waals surface area (Å²) in [7, 11) is 0. The first kappa shape index (κ1) is 21.9. The Balaban J connectivity index is 1.49. The second-order valence-electron chi connectivity index (χ2n) is 10.0. The Kier molecular flexibility index (Phi) is 4.92. The summed E-state index contributed by atoms with van der Waals surface area (Å²) in [6.45, 7) is 0.103. The number of rotatable bonds is 3. The number of pyridine rings is 1. The van der Waals surface area contributed by atoms with Crippen LogP contribution in [0.15, 0.2) is 146 Å². The summed E-state index contributed by atoms with van der Waals surface area (Å²) in [6, 6.07) is 49.9. The van der Waals surface area contributed by atoms with Gasteiger partial charge in [-0.25, -0.2) is 0 Å². The zero-order chi connectivity index (χ0) is 25.8. The second kappa shape index (κ2) is 8.75. The number of hydrogen-bond donors (Lipinski definition) is 0. The number of nitrogens with zero attached hydrogens (tertiary/aromatic N) is 3. The third kappa shape index (κ3) is 3.28. The minimum absolute atomic E-state index is 0.103. The average molecular weight is 497 g/mol. The summed E-state index contributed by atoms with van der Waals surface area (Å²) in [5, 5.41) is 0. The van der Waals surface area contributed by atoms with Gasteiger partial charge >= 0.3 is 0 Å². The fourth-order valence-corrected chi connectivity index (χ4v) is 6.36. The smallest absolute Gasteiger partial charge is 0.252 e. The van der Waals surface area contributed by atoms with Gasteiger partial charge in [-0.05, 0) is 71.0 Å². The Bertz CT molecular complexity index is 1820. The van der Waals surface area contributed by atoms with E-state index in [1.54, 1.807) is 0 Å². The molecule has 39 heavy (non-hydrogen) atoms. The Morgan fingerprint density at radius 3 is 1.79 bits per heavy atom. The van der Waals surface area contributed by atoms with E-state index in [1.165, 1.54) is 39.1 Å². The Morgan fingerprint density at radius 1 is 0.462 bits per heavy atom. The van der Waals surface area contributed by atoms with E-state index < -0.39 is 0 Å². The van der Waals surface area contributed by atoms with E-state index in [9.17, 15) is 0 Å². The van der Waals surface area contributed by atoms with Crippen molar-refractivity contribution in [2.75, 3.05) is 9.80 Å². The van der Waals surface area contributed by atoms with Crippen molar-refractivity contribution in [3.63, 3.8) is 0 Å². The molecule has 0 fully saturated rings. The van der Waals surface area contributed by atoms with Crippen LogP contribution in [0, 0.1) is 0 Å². The summed E-state index contributed by atoms with van der Waals surface area (Å²) < 4.78 is 0. The molecule has 0 N–H and O–H groups in total. The number of aromatic nitrogens is 1. The lowest BCUT2D eigenvalue weighted by atomic mass is 9.33. The first-order chi connectivity index (χ1) is 19.4. The Hall–Kier alpha value is -5.09. The number of anilines is 6. The van der Waals surface area contributed by atoms with Gasteiger partial charge in [-0.2, -0.15) is 0 Å². The molecule has 0 spiro atoms. The van der Waals surface area contributed by atoms with Crippen LogP contribution >= 0.6 is 0 Å². The van der Waals surface area contributed by atoms with Gasteiger partial charge in [0.25, 0.3) is 6.71 Å². The van der Waals surface area contributed by atoms with Crippen molar-refractivity contribution in [3.8, 4) is 11.3 Å². The molecule has 2 aliphatic heterocycles. The minimum Gasteiger partial charge on any atom is -0.311 e. The van der Waals surface area contributed by atoms with Crippen molar-refractivity contribution in [2.24, 2.45) is 0 Å². The molecule has 4 heteroatoms. The highest BCUT2D eigenvalue weighted by Crippen LogP contribution is 2.45. The molecule has 0 amide bonds. The van der Waals surface area contributed by atoms with Crippen LogP contribution in [0.5, 0.6) is 0 Å². The van der Waals surface area contributed by atoms with Crippen LogP contribution in [0.2, 0.25) is 0 Å². The second-order valence-corrected chi connectivity index (χ2v) is 10.0. The fraction of sp³-hybridized carbons (Fsp3) is 0. The molecule has 0 saturated carbocycles. The number of para-hydroxylation sites is 4. The van der Waals surface area contributed by atoms with Gasteiger partial charge in [0.05, 0.1) is 11.4 Å². The predicted octanol–water partition coefficient (Wildman–Crippen LogP) is 6.83. The maximum Gasteiger partial charge on any atom is 0.252 e. The largest absolute Gasteiger partial charge is 0.311 e. The van der Waals surface area contributed by atoms with Crippen LogP contribution in [0.1, 0.15) is 0 Å². The van der Waals surface area contributed by atoms with Crippen LogP contribution < -0.4 is 26.2 Å². The van der Waals surface area contributed by atoms with Crippen molar-refractivity contribution in [1.29, 1.82) is 0 Å². The van der Waals surface area contributed by atoms with Crippen molar-refractivity contribution < 1.29 is 0 Å². The molecular weight excluding hydrogens is 473 g/mol. The molecule has 0 radical (unpaired) electrons. The molecule has 0 aliphatic carbocycles. The van der Waals surface area contributed by atoms with E-state index in [4.69, 9.17) is 4.98 Å². The van der Waals surface area contributed by atoms with Crippen LogP contribution in [0.4, 0.5) is 34.1 Å². The molecule has 1 aromatic heterocycles. The van der Waals surface area contributed by atoms with Gasteiger partial charge in [0.15, 0.2) is 0 Å². The summed E-state index contributed by atoms with van der Waals surface area (Å²) in [5.74, 6) is 0. The quantitative estimate of drug-likeness (QED) is 0.250. The molecule has 0 unspecified atom stereocenters. The normalized spacial score (nSPS) is 13.0. The van der Waals surface area contributed by atoms with Gasteiger partial charge in [-0.15, -0.1) is 0 Å². The average Bonchev–Trinajstić information content (AvgIpc) is 3.02. The summed E-state index contributed by atoms with van der Waals surface area (Å²) >= 11 is 0. The molecule has 8 rings (SSSR count). The van der Waals surface area contributed by atoms with Crippen molar-refractivity contribution in [2.45, 2.75) is 0 Å². The molecular formula is C35H24BN3. The van der Waals surface area contributed by atoms with Crippen molar-refractivity contribution in [3.05, 3.63) is 146 Å². The van der Waals surface area contributed by atoms with E-state index in [1.807, 2.05) is 12.3 Å². The van der Waals surface area contributed by atoms with Gasteiger partial charge in [-0.3, -0.25) is 4.98 Å². The minimum atomic E-state index is 0.103. The monoisotopic (exact) mass is 497 g/mol. The van der Waals surface area contributed by atoms with Gasteiger partial charge < -0.3 is 9.80 Å². The lowest BCUT2D eigenvalue weighted by molar-refractivity contribution is 1.24. The Labute approximate surface area is 228 Å². The molecule has 3 nitrogen and oxygen atoms in total. The maximum atomic E-state index is 4.78. The van der Waals surface area contributed by atoms with E-state index >= 15 is 0 Å². The van der Waals surface area contributed by atoms with Crippen LogP contribution in [-0.4, -0.2) is 11.7 Å². The zero-order valence-corrected chi connectivity index (χ0v) is 21.3. The molecule has 6 aromatic rings. The van der Waals surface area contributed by atoms with E-state index in [-0.39, 0.29) is 6.71 Å². The molecule has 182 valence electrons. The summed E-state index contributed by atoms with van der Waals surface area (Å²) in [6.07, 6.45) is 1.88. The standard InChI is InChI=1S/C35H24BN3/c1-3-13-25(14-4-1)38-31-21-8-7-18-28(31)36-29-19-11-17-27(30-20-9-10-24-37-30)35(29)39(26-15-5-2-6-16-26)33-23-12-22-32(38)34(33)36/h1-24H.